The van der Waals surface area contributed by atoms with Crippen LogP contribution < -0.4 is 5.32 Å². The normalized spacial score (nSPS) is 13.6. The summed E-state index contributed by atoms with van der Waals surface area (Å²) in [6.45, 7) is 1.33. The Hall–Kier alpha value is -1.21. The molecule has 3 nitrogen and oxygen atoms in total. The molecule has 120 valence electrons. The number of hydrogen-bond donors (Lipinski definition) is 1. The van der Waals surface area contributed by atoms with E-state index < -0.39 is 19.0 Å². The van der Waals surface area contributed by atoms with Gasteiger partial charge in [0, 0.05) is 18.4 Å². The molecule has 0 bridgehead atoms. The molecule has 0 saturated heterocycles. The number of nitrogens with zero attached hydrogens (tertiary/aromatic N) is 1. The smallest absolute Gasteiger partial charge is 0.330 e. The van der Waals surface area contributed by atoms with Crippen molar-refractivity contribution in [2.75, 3.05) is 19.8 Å². The van der Waals surface area contributed by atoms with Gasteiger partial charge in [-0.1, -0.05) is 13.0 Å². The molecule has 0 saturated carbocycles. The molecule has 0 fully saturated rings. The maximum absolute atomic E-state index is 12.8. The first kappa shape index (κ1) is 17.8. The summed E-state index contributed by atoms with van der Waals surface area (Å²) in [5, 5.41) is 3.15. The van der Waals surface area contributed by atoms with E-state index in [9.17, 15) is 17.6 Å². The van der Waals surface area contributed by atoms with Crippen LogP contribution in [0.5, 0.6) is 0 Å². The monoisotopic (exact) mass is 308 g/mol. The first-order chi connectivity index (χ1) is 9.95. The molecular weight excluding hydrogens is 288 g/mol. The van der Waals surface area contributed by atoms with E-state index in [1.807, 2.05) is 13.0 Å². The Morgan fingerprint density at radius 1 is 1.38 bits per heavy atom. The summed E-state index contributed by atoms with van der Waals surface area (Å²) in [5.41, 5.74) is 0.926. The second kappa shape index (κ2) is 8.94. The minimum Gasteiger partial charge on any atom is -0.373 e. The van der Waals surface area contributed by atoms with Gasteiger partial charge in [0.05, 0.1) is 6.61 Å². The van der Waals surface area contributed by atoms with E-state index in [-0.39, 0.29) is 12.6 Å². The number of aromatic nitrogens is 1. The summed E-state index contributed by atoms with van der Waals surface area (Å²) >= 11 is 0. The zero-order valence-corrected chi connectivity index (χ0v) is 11.9. The van der Waals surface area contributed by atoms with Crippen LogP contribution >= 0.6 is 0 Å². The number of nitrogens with one attached hydrogen (secondary N) is 1. The third-order valence-electron chi connectivity index (χ3n) is 2.82. The van der Waals surface area contributed by atoms with Gasteiger partial charge in [0.25, 0.3) is 0 Å². The van der Waals surface area contributed by atoms with E-state index in [0.29, 0.717) is 13.0 Å². The van der Waals surface area contributed by atoms with Crippen molar-refractivity contribution < 1.29 is 22.3 Å². The number of hydrogen-bond acceptors (Lipinski definition) is 3. The molecule has 0 aliphatic rings. The first-order valence-corrected chi connectivity index (χ1v) is 6.81. The average molecular weight is 308 g/mol. The lowest BCUT2D eigenvalue weighted by Gasteiger charge is -2.21. The Kier molecular flexibility index (Phi) is 7.60. The minimum absolute atomic E-state index is 0.0583. The van der Waals surface area contributed by atoms with Gasteiger partial charge in [0.15, 0.2) is 0 Å². The van der Waals surface area contributed by atoms with Crippen molar-refractivity contribution in [3.63, 3.8) is 0 Å². The summed E-state index contributed by atoms with van der Waals surface area (Å²) in [6, 6.07) is 3.42. The van der Waals surface area contributed by atoms with Gasteiger partial charge in [-0.05, 0) is 31.0 Å². The summed E-state index contributed by atoms with van der Waals surface area (Å²) in [6.07, 6.45) is 1.01. The highest BCUT2D eigenvalue weighted by atomic mass is 19.3. The highest BCUT2D eigenvalue weighted by molar-refractivity contribution is 5.10. The molecule has 1 N–H and O–H groups in total. The van der Waals surface area contributed by atoms with Crippen molar-refractivity contribution in [2.45, 2.75) is 38.2 Å². The molecule has 0 amide bonds. The molecule has 1 aromatic heterocycles. The van der Waals surface area contributed by atoms with E-state index in [1.54, 1.807) is 18.5 Å². The van der Waals surface area contributed by atoms with Crippen molar-refractivity contribution in [2.24, 2.45) is 0 Å². The minimum atomic E-state index is -4.11. The van der Waals surface area contributed by atoms with Crippen LogP contribution in [0.4, 0.5) is 17.6 Å². The second-order valence-electron chi connectivity index (χ2n) is 4.79. The van der Waals surface area contributed by atoms with Crippen LogP contribution in [0.1, 0.15) is 18.9 Å². The van der Waals surface area contributed by atoms with Crippen LogP contribution in [-0.2, 0) is 11.2 Å². The summed E-state index contributed by atoms with van der Waals surface area (Å²) in [5.74, 6) is -4.11. The Bertz CT molecular complexity index is 390. The molecule has 1 rings (SSSR count). The van der Waals surface area contributed by atoms with Crippen LogP contribution in [-0.4, -0.2) is 43.1 Å². The van der Waals surface area contributed by atoms with Crippen LogP contribution in [0.15, 0.2) is 24.5 Å². The molecular formula is C14H20F4N2O. The van der Waals surface area contributed by atoms with Gasteiger partial charge < -0.3 is 10.1 Å². The Labute approximate surface area is 121 Å². The van der Waals surface area contributed by atoms with Gasteiger partial charge in [-0.3, -0.25) is 4.98 Å². The summed E-state index contributed by atoms with van der Waals surface area (Å²) in [4.78, 5) is 3.97. The SMILES string of the molecule is CCCNC(COCC(F)(F)C(F)F)Cc1cccnc1. The standard InChI is InChI=1S/C14H20F4N2O/c1-2-5-20-12(7-11-4-3-6-19-8-11)9-21-10-14(17,18)13(15)16/h3-4,6,8,12-13,20H,2,5,7,9-10H2,1H3. The molecule has 0 radical (unpaired) electrons. The fraction of sp³-hybridized carbons (Fsp3) is 0.643. The molecule has 0 aromatic carbocycles. The number of halogens is 4. The zero-order valence-electron chi connectivity index (χ0n) is 11.9. The molecule has 1 heterocycles. The zero-order chi connectivity index (χ0) is 15.7. The fourth-order valence-electron chi connectivity index (χ4n) is 1.74. The van der Waals surface area contributed by atoms with Gasteiger partial charge >= 0.3 is 12.3 Å². The summed E-state index contributed by atoms with van der Waals surface area (Å²) < 4.78 is 54.4. The third-order valence-corrected chi connectivity index (χ3v) is 2.82. The lowest BCUT2D eigenvalue weighted by Crippen LogP contribution is -2.39. The molecule has 21 heavy (non-hydrogen) atoms. The first-order valence-electron chi connectivity index (χ1n) is 6.81. The third kappa shape index (κ3) is 6.86. The van der Waals surface area contributed by atoms with Gasteiger partial charge in [-0.25, -0.2) is 8.78 Å². The molecule has 7 heteroatoms. The molecule has 0 spiro atoms. The van der Waals surface area contributed by atoms with Gasteiger partial charge in [-0.2, -0.15) is 8.78 Å². The number of alkyl halides is 4. The summed E-state index contributed by atoms with van der Waals surface area (Å²) in [7, 11) is 0. The van der Waals surface area contributed by atoms with Gasteiger partial charge in [0.1, 0.15) is 6.61 Å². The van der Waals surface area contributed by atoms with Crippen molar-refractivity contribution in [3.05, 3.63) is 30.1 Å². The van der Waals surface area contributed by atoms with Crippen LogP contribution in [0, 0.1) is 0 Å². The highest BCUT2D eigenvalue weighted by Crippen LogP contribution is 2.22. The van der Waals surface area contributed by atoms with Crippen molar-refractivity contribution in [1.82, 2.24) is 10.3 Å². The maximum Gasteiger partial charge on any atom is 0.330 e. The van der Waals surface area contributed by atoms with Gasteiger partial charge in [-0.15, -0.1) is 0 Å². The second-order valence-corrected chi connectivity index (χ2v) is 4.79. The Morgan fingerprint density at radius 3 is 2.71 bits per heavy atom. The topological polar surface area (TPSA) is 34.1 Å². The highest BCUT2D eigenvalue weighted by Gasteiger charge is 2.41. The van der Waals surface area contributed by atoms with E-state index in [1.165, 1.54) is 0 Å². The Morgan fingerprint density at radius 2 is 2.14 bits per heavy atom. The van der Waals surface area contributed by atoms with Crippen molar-refractivity contribution >= 4 is 0 Å². The molecule has 1 aromatic rings. The van der Waals surface area contributed by atoms with Crippen molar-refractivity contribution in [1.29, 1.82) is 0 Å². The van der Waals surface area contributed by atoms with E-state index in [2.05, 4.69) is 10.3 Å². The number of ether oxygens (including phenoxy) is 1. The predicted molar refractivity (Wildman–Crippen MR) is 71.8 cm³/mol. The van der Waals surface area contributed by atoms with E-state index >= 15 is 0 Å². The van der Waals surface area contributed by atoms with E-state index in [0.717, 1.165) is 12.0 Å². The van der Waals surface area contributed by atoms with Crippen LogP contribution in [0.3, 0.4) is 0 Å². The quantitative estimate of drug-likeness (QED) is 0.675. The average Bonchev–Trinajstić information content (AvgIpc) is 2.45. The molecule has 0 aliphatic heterocycles. The molecule has 1 unspecified atom stereocenters. The predicted octanol–water partition coefficient (Wildman–Crippen LogP) is 2.91. The molecule has 1 atom stereocenters. The molecule has 0 aliphatic carbocycles. The maximum atomic E-state index is 12.8. The fourth-order valence-corrected chi connectivity index (χ4v) is 1.74. The van der Waals surface area contributed by atoms with Crippen LogP contribution in [0.2, 0.25) is 0 Å². The lowest BCUT2D eigenvalue weighted by atomic mass is 10.1. The van der Waals surface area contributed by atoms with E-state index in [4.69, 9.17) is 4.74 Å². The van der Waals surface area contributed by atoms with Crippen molar-refractivity contribution in [3.8, 4) is 0 Å². The largest absolute Gasteiger partial charge is 0.373 e. The Balaban J connectivity index is 2.46. The lowest BCUT2D eigenvalue weighted by molar-refractivity contribution is -0.167. The number of rotatable bonds is 10. The van der Waals surface area contributed by atoms with Gasteiger partial charge in [0.2, 0.25) is 0 Å². The number of pyridine rings is 1. The van der Waals surface area contributed by atoms with Crippen LogP contribution in [0.25, 0.3) is 0 Å².